The van der Waals surface area contributed by atoms with Crippen LogP contribution in [0.2, 0.25) is 0 Å². The lowest BCUT2D eigenvalue weighted by atomic mass is 9.95. The highest BCUT2D eigenvalue weighted by Crippen LogP contribution is 2.33. The van der Waals surface area contributed by atoms with E-state index in [1.54, 1.807) is 6.07 Å². The number of hydrogen-bond donors (Lipinski definition) is 5. The van der Waals surface area contributed by atoms with Crippen LogP contribution in [0.15, 0.2) is 30.9 Å². The van der Waals surface area contributed by atoms with Gasteiger partial charge in [-0.25, -0.2) is 15.0 Å². The van der Waals surface area contributed by atoms with E-state index in [0.717, 1.165) is 11.1 Å². The van der Waals surface area contributed by atoms with Crippen molar-refractivity contribution in [3.05, 3.63) is 52.1 Å². The molecule has 2 aliphatic rings. The molecule has 37 heavy (non-hydrogen) atoms. The standard InChI is InChI=1S/C22H26N8O6S/c23-19-16-20(27-9-26-19)29(10-28-16)22-18(32)17(31)15(36-22)8-37-4-3-24-21(33)14-6-11-1-2-13(30(34)35)5-12(11)7-25-14/h1-2,5,9-10,14-15,17-18,22,25,31-32H,3-4,6-8H2,(H,24,33)(H2,23,26,27)/t14?,15-,17-,18-,22-/m1/s1. The lowest BCUT2D eigenvalue weighted by Crippen LogP contribution is -2.48. The minimum absolute atomic E-state index is 0.0349. The fraction of sp³-hybridized carbons (Fsp3) is 0.455. The second kappa shape index (κ2) is 10.5. The van der Waals surface area contributed by atoms with Crippen molar-refractivity contribution in [2.45, 2.75) is 43.5 Å². The maximum Gasteiger partial charge on any atom is 0.269 e. The van der Waals surface area contributed by atoms with Gasteiger partial charge in [0.1, 0.15) is 24.1 Å². The summed E-state index contributed by atoms with van der Waals surface area (Å²) >= 11 is 1.48. The molecule has 1 unspecified atom stereocenters. The molecular formula is C22H26N8O6S. The van der Waals surface area contributed by atoms with E-state index in [0.29, 0.717) is 42.2 Å². The topological polar surface area (TPSA) is 204 Å². The third-order valence-electron chi connectivity index (χ3n) is 6.51. The van der Waals surface area contributed by atoms with Gasteiger partial charge in [-0.2, -0.15) is 11.8 Å². The molecule has 1 aromatic carbocycles. The molecule has 15 heteroatoms. The quantitative estimate of drug-likeness (QED) is 0.142. The van der Waals surface area contributed by atoms with Gasteiger partial charge in [-0.3, -0.25) is 19.5 Å². The van der Waals surface area contributed by atoms with E-state index in [9.17, 15) is 25.1 Å². The van der Waals surface area contributed by atoms with E-state index < -0.39 is 35.5 Å². The molecule has 2 aliphatic heterocycles. The van der Waals surface area contributed by atoms with Gasteiger partial charge in [-0.15, -0.1) is 0 Å². The fourth-order valence-corrected chi connectivity index (χ4v) is 5.44. The predicted octanol–water partition coefficient (Wildman–Crippen LogP) is -0.500. The SMILES string of the molecule is Nc1ncnc2c1ncn2[C@@H]1O[C@H](CSCCNC(=O)C2Cc3ccc([N+](=O)[O-])cc3CN2)[C@@H](O)[C@H]1O. The van der Waals surface area contributed by atoms with Crippen LogP contribution in [0.1, 0.15) is 17.4 Å². The largest absolute Gasteiger partial charge is 0.387 e. The number of anilines is 1. The summed E-state index contributed by atoms with van der Waals surface area (Å²) in [6, 6.07) is 4.27. The number of hydrogen-bond acceptors (Lipinski definition) is 12. The van der Waals surface area contributed by atoms with E-state index in [4.69, 9.17) is 10.5 Å². The number of imidazole rings is 1. The van der Waals surface area contributed by atoms with Crippen LogP contribution in [0, 0.1) is 10.1 Å². The number of aliphatic hydroxyl groups excluding tert-OH is 2. The van der Waals surface area contributed by atoms with Gasteiger partial charge < -0.3 is 31.3 Å². The minimum atomic E-state index is -1.18. The highest BCUT2D eigenvalue weighted by Gasteiger charge is 2.44. The molecular weight excluding hydrogens is 504 g/mol. The van der Waals surface area contributed by atoms with Crippen LogP contribution in [0.5, 0.6) is 0 Å². The number of aliphatic hydroxyl groups is 2. The number of rotatable bonds is 8. The van der Waals surface area contributed by atoms with E-state index in [1.165, 1.54) is 41.1 Å². The molecule has 3 aromatic rings. The molecule has 196 valence electrons. The van der Waals surface area contributed by atoms with Crippen LogP contribution in [-0.2, 0) is 22.5 Å². The second-order valence-electron chi connectivity index (χ2n) is 8.84. The number of thioether (sulfide) groups is 1. The minimum Gasteiger partial charge on any atom is -0.387 e. The first-order valence-corrected chi connectivity index (χ1v) is 12.8. The number of non-ortho nitro benzene ring substituents is 1. The Kier molecular flexibility index (Phi) is 7.21. The number of aromatic nitrogens is 4. The zero-order valence-electron chi connectivity index (χ0n) is 19.6. The Morgan fingerprint density at radius 2 is 2.14 bits per heavy atom. The third kappa shape index (κ3) is 5.08. The van der Waals surface area contributed by atoms with Crippen molar-refractivity contribution >= 4 is 40.3 Å². The first-order valence-electron chi connectivity index (χ1n) is 11.6. The summed E-state index contributed by atoms with van der Waals surface area (Å²) in [7, 11) is 0. The highest BCUT2D eigenvalue weighted by atomic mass is 32.2. The number of ether oxygens (including phenoxy) is 1. The van der Waals surface area contributed by atoms with Crippen molar-refractivity contribution in [1.29, 1.82) is 0 Å². The van der Waals surface area contributed by atoms with Crippen molar-refractivity contribution in [2.75, 3.05) is 23.8 Å². The van der Waals surface area contributed by atoms with Gasteiger partial charge in [0, 0.05) is 36.7 Å². The number of carbonyl (C=O) groups is 1. The smallest absolute Gasteiger partial charge is 0.269 e. The first kappa shape index (κ1) is 25.3. The summed E-state index contributed by atoms with van der Waals surface area (Å²) in [5.74, 6) is 1.04. The van der Waals surface area contributed by atoms with Crippen LogP contribution in [0.4, 0.5) is 11.5 Å². The number of carbonyl (C=O) groups excluding carboxylic acids is 1. The molecule has 1 amide bonds. The van der Waals surface area contributed by atoms with Crippen molar-refractivity contribution in [2.24, 2.45) is 0 Å². The number of fused-ring (bicyclic) bond motifs is 2. The molecule has 4 heterocycles. The molecule has 0 aliphatic carbocycles. The molecule has 1 saturated heterocycles. The van der Waals surface area contributed by atoms with Crippen LogP contribution in [-0.4, -0.2) is 83.0 Å². The number of nitrogen functional groups attached to an aromatic ring is 1. The zero-order chi connectivity index (χ0) is 26.1. The molecule has 0 saturated carbocycles. The Morgan fingerprint density at radius 1 is 1.30 bits per heavy atom. The number of nitrogens with two attached hydrogens (primary N) is 1. The second-order valence-corrected chi connectivity index (χ2v) is 9.99. The Labute approximate surface area is 214 Å². The van der Waals surface area contributed by atoms with Gasteiger partial charge >= 0.3 is 0 Å². The van der Waals surface area contributed by atoms with Gasteiger partial charge in [-0.1, -0.05) is 6.07 Å². The van der Waals surface area contributed by atoms with Gasteiger partial charge in [0.2, 0.25) is 5.91 Å². The van der Waals surface area contributed by atoms with Gasteiger partial charge in [0.05, 0.1) is 23.4 Å². The van der Waals surface area contributed by atoms with Crippen LogP contribution >= 0.6 is 11.8 Å². The Balaban J connectivity index is 1.08. The number of nitro benzene ring substituents is 1. The van der Waals surface area contributed by atoms with E-state index in [2.05, 4.69) is 25.6 Å². The molecule has 14 nitrogen and oxygen atoms in total. The molecule has 0 radical (unpaired) electrons. The average molecular weight is 531 g/mol. The zero-order valence-corrected chi connectivity index (χ0v) is 20.4. The normalized spacial score (nSPS) is 25.2. The number of nitro groups is 1. The third-order valence-corrected chi connectivity index (χ3v) is 7.56. The summed E-state index contributed by atoms with van der Waals surface area (Å²) in [5.41, 5.74) is 8.38. The molecule has 0 spiro atoms. The highest BCUT2D eigenvalue weighted by molar-refractivity contribution is 7.99. The molecule has 5 rings (SSSR count). The molecule has 1 fully saturated rings. The van der Waals surface area contributed by atoms with E-state index in [1.807, 2.05) is 0 Å². The molecule has 6 N–H and O–H groups in total. The van der Waals surface area contributed by atoms with Crippen molar-refractivity contribution in [3.8, 4) is 0 Å². The van der Waals surface area contributed by atoms with Crippen molar-refractivity contribution in [1.82, 2.24) is 30.2 Å². The van der Waals surface area contributed by atoms with Crippen LogP contribution in [0.25, 0.3) is 11.2 Å². The summed E-state index contributed by atoms with van der Waals surface area (Å²) in [6.45, 7) is 0.793. The maximum atomic E-state index is 12.6. The van der Waals surface area contributed by atoms with Gasteiger partial charge in [0.15, 0.2) is 17.7 Å². The lowest BCUT2D eigenvalue weighted by Gasteiger charge is -2.25. The van der Waals surface area contributed by atoms with Crippen molar-refractivity contribution < 1.29 is 24.7 Å². The number of benzene rings is 1. The summed E-state index contributed by atoms with van der Waals surface area (Å²) in [5, 5.41) is 38.0. The lowest BCUT2D eigenvalue weighted by molar-refractivity contribution is -0.384. The molecule has 0 bridgehead atoms. The predicted molar refractivity (Wildman–Crippen MR) is 133 cm³/mol. The van der Waals surface area contributed by atoms with Crippen LogP contribution in [0.3, 0.4) is 0 Å². The van der Waals surface area contributed by atoms with Gasteiger partial charge in [0.25, 0.3) is 5.69 Å². The Morgan fingerprint density at radius 3 is 2.95 bits per heavy atom. The van der Waals surface area contributed by atoms with E-state index >= 15 is 0 Å². The summed E-state index contributed by atoms with van der Waals surface area (Å²) in [6.07, 6.45) is -0.595. The number of nitrogens with one attached hydrogen (secondary N) is 2. The first-order chi connectivity index (χ1) is 17.8. The molecule has 5 atom stereocenters. The molecule has 2 aromatic heterocycles. The number of nitrogens with zero attached hydrogens (tertiary/aromatic N) is 5. The summed E-state index contributed by atoms with van der Waals surface area (Å²) < 4.78 is 7.45. The average Bonchev–Trinajstić information content (AvgIpc) is 3.45. The maximum absolute atomic E-state index is 12.6. The van der Waals surface area contributed by atoms with E-state index in [-0.39, 0.29) is 17.4 Å². The number of amides is 1. The van der Waals surface area contributed by atoms with Gasteiger partial charge in [-0.05, 0) is 17.5 Å². The Hall–Kier alpha value is -3.37. The fourth-order valence-electron chi connectivity index (χ4n) is 4.52. The summed E-state index contributed by atoms with van der Waals surface area (Å²) in [4.78, 5) is 35.3. The monoisotopic (exact) mass is 530 g/mol. The van der Waals surface area contributed by atoms with Crippen molar-refractivity contribution in [3.63, 3.8) is 0 Å². The van der Waals surface area contributed by atoms with Crippen LogP contribution < -0.4 is 16.4 Å². The Bertz CT molecular complexity index is 1320.